The van der Waals surface area contributed by atoms with Crippen LogP contribution in [-0.4, -0.2) is 13.0 Å². The Morgan fingerprint density at radius 2 is 1.50 bits per heavy atom. The van der Waals surface area contributed by atoms with Gasteiger partial charge in [0.1, 0.15) is 4.90 Å². The number of benzene rings is 2. The average Bonchev–Trinajstić information content (AvgIpc) is 2.38. The van der Waals surface area contributed by atoms with Crippen LogP contribution in [0.5, 0.6) is 0 Å². The van der Waals surface area contributed by atoms with Crippen molar-refractivity contribution in [1.82, 2.24) is 0 Å². The highest BCUT2D eigenvalue weighted by molar-refractivity contribution is 7.86. The molecule has 0 saturated carbocycles. The summed E-state index contributed by atoms with van der Waals surface area (Å²) in [4.78, 5) is 0.0785. The van der Waals surface area contributed by atoms with E-state index in [2.05, 4.69) is 6.92 Å². The Morgan fingerprint density at radius 3 is 2.05 bits per heavy atom. The maximum absolute atomic E-state index is 11.8. The fourth-order valence-electron chi connectivity index (χ4n) is 2.72. The van der Waals surface area contributed by atoms with E-state index >= 15 is 0 Å². The molecule has 0 bridgehead atoms. The zero-order chi connectivity index (χ0) is 14.8. The summed E-state index contributed by atoms with van der Waals surface area (Å²) in [5.74, 6) is 0. The Kier molecular flexibility index (Phi) is 4.45. The molecule has 108 valence electrons. The molecule has 20 heavy (non-hydrogen) atoms. The second kappa shape index (κ2) is 5.94. The Bertz CT molecular complexity index is 718. The van der Waals surface area contributed by atoms with E-state index in [4.69, 9.17) is 0 Å². The van der Waals surface area contributed by atoms with Gasteiger partial charge in [-0.2, -0.15) is 8.42 Å². The molecule has 0 atom stereocenters. The van der Waals surface area contributed by atoms with Crippen molar-refractivity contribution in [3.63, 3.8) is 0 Å². The SMILES string of the molecule is CCCc1cc(CCC)c2ccccc2c1S(=O)(=O)O. The lowest BCUT2D eigenvalue weighted by Gasteiger charge is -2.14. The summed E-state index contributed by atoms with van der Waals surface area (Å²) < 4.78 is 33.1. The first kappa shape index (κ1) is 15.0. The number of hydrogen-bond acceptors (Lipinski definition) is 2. The van der Waals surface area contributed by atoms with E-state index in [9.17, 15) is 13.0 Å². The Morgan fingerprint density at radius 1 is 0.950 bits per heavy atom. The minimum atomic E-state index is -4.21. The predicted octanol–water partition coefficient (Wildman–Crippen LogP) is 3.99. The van der Waals surface area contributed by atoms with Crippen LogP contribution in [0.15, 0.2) is 35.2 Å². The van der Waals surface area contributed by atoms with Gasteiger partial charge in [0.2, 0.25) is 0 Å². The third-order valence-electron chi connectivity index (χ3n) is 3.45. The molecule has 0 unspecified atom stereocenters. The Hall–Kier alpha value is -1.39. The first-order valence-corrected chi connectivity index (χ1v) is 8.44. The van der Waals surface area contributed by atoms with Crippen molar-refractivity contribution in [2.75, 3.05) is 0 Å². The van der Waals surface area contributed by atoms with Gasteiger partial charge in [0, 0.05) is 5.39 Å². The largest absolute Gasteiger partial charge is 0.295 e. The highest BCUT2D eigenvalue weighted by Gasteiger charge is 2.20. The number of aryl methyl sites for hydroxylation is 2. The van der Waals surface area contributed by atoms with Crippen molar-refractivity contribution < 1.29 is 13.0 Å². The fraction of sp³-hybridized carbons (Fsp3) is 0.375. The lowest BCUT2D eigenvalue weighted by molar-refractivity contribution is 0.483. The molecule has 2 aromatic rings. The quantitative estimate of drug-likeness (QED) is 0.848. The van der Waals surface area contributed by atoms with Crippen LogP contribution in [0.25, 0.3) is 10.8 Å². The molecule has 0 aliphatic heterocycles. The van der Waals surface area contributed by atoms with Crippen LogP contribution in [0, 0.1) is 0 Å². The topological polar surface area (TPSA) is 54.4 Å². The molecule has 0 saturated heterocycles. The predicted molar refractivity (Wildman–Crippen MR) is 81.8 cm³/mol. The molecule has 4 heteroatoms. The van der Waals surface area contributed by atoms with Gasteiger partial charge in [0.15, 0.2) is 0 Å². The summed E-state index contributed by atoms with van der Waals surface area (Å²) in [6.07, 6.45) is 3.40. The van der Waals surface area contributed by atoms with E-state index in [1.807, 2.05) is 31.2 Å². The number of hydrogen-bond donors (Lipinski definition) is 1. The summed E-state index contributed by atoms with van der Waals surface area (Å²) in [6, 6.07) is 9.34. The van der Waals surface area contributed by atoms with E-state index in [0.717, 1.165) is 35.8 Å². The van der Waals surface area contributed by atoms with Crippen molar-refractivity contribution in [2.45, 2.75) is 44.4 Å². The van der Waals surface area contributed by atoms with E-state index in [1.54, 1.807) is 6.07 Å². The molecule has 1 N–H and O–H groups in total. The second-order valence-corrected chi connectivity index (χ2v) is 6.40. The molecule has 0 aromatic heterocycles. The Labute approximate surface area is 120 Å². The molecular formula is C16H20O3S. The minimum absolute atomic E-state index is 0.0785. The van der Waals surface area contributed by atoms with Crippen molar-refractivity contribution in [1.29, 1.82) is 0 Å². The van der Waals surface area contributed by atoms with Crippen LogP contribution in [0.2, 0.25) is 0 Å². The van der Waals surface area contributed by atoms with Gasteiger partial charge in [-0.05, 0) is 29.4 Å². The monoisotopic (exact) mass is 292 g/mol. The van der Waals surface area contributed by atoms with Gasteiger partial charge < -0.3 is 0 Å². The van der Waals surface area contributed by atoms with Gasteiger partial charge in [-0.3, -0.25) is 4.55 Å². The van der Waals surface area contributed by atoms with Gasteiger partial charge in [-0.1, -0.05) is 57.0 Å². The minimum Gasteiger partial charge on any atom is -0.282 e. The van der Waals surface area contributed by atoms with Crippen molar-refractivity contribution in [3.05, 3.63) is 41.5 Å². The second-order valence-electron chi connectivity index (χ2n) is 5.04. The van der Waals surface area contributed by atoms with Gasteiger partial charge in [0.25, 0.3) is 10.1 Å². The van der Waals surface area contributed by atoms with Crippen LogP contribution in [0.4, 0.5) is 0 Å². The summed E-state index contributed by atoms with van der Waals surface area (Å²) in [6.45, 7) is 4.10. The molecule has 3 nitrogen and oxygen atoms in total. The van der Waals surface area contributed by atoms with Crippen LogP contribution in [0.1, 0.15) is 37.8 Å². The van der Waals surface area contributed by atoms with Crippen LogP contribution in [0.3, 0.4) is 0 Å². The van der Waals surface area contributed by atoms with E-state index in [-0.39, 0.29) is 4.90 Å². The molecule has 0 radical (unpaired) electrons. The first-order chi connectivity index (χ1) is 9.49. The molecule has 0 fully saturated rings. The standard InChI is InChI=1S/C16H20O3S/c1-3-7-12-11-13(8-4-2)16(20(17,18)19)15-10-6-5-9-14(12)15/h5-6,9-11H,3-4,7-8H2,1-2H3,(H,17,18,19). The molecule has 2 rings (SSSR count). The summed E-state index contributed by atoms with van der Waals surface area (Å²) in [5, 5.41) is 1.55. The summed E-state index contributed by atoms with van der Waals surface area (Å²) in [5.41, 5.74) is 1.87. The Balaban J connectivity index is 2.87. The van der Waals surface area contributed by atoms with Gasteiger partial charge in [-0.15, -0.1) is 0 Å². The maximum atomic E-state index is 11.8. The van der Waals surface area contributed by atoms with Gasteiger partial charge in [0.05, 0.1) is 0 Å². The van der Waals surface area contributed by atoms with Crippen molar-refractivity contribution >= 4 is 20.9 Å². The zero-order valence-electron chi connectivity index (χ0n) is 11.9. The summed E-state index contributed by atoms with van der Waals surface area (Å²) >= 11 is 0. The highest BCUT2D eigenvalue weighted by Crippen LogP contribution is 2.31. The van der Waals surface area contributed by atoms with Crippen molar-refractivity contribution in [3.8, 4) is 0 Å². The van der Waals surface area contributed by atoms with E-state index in [1.165, 1.54) is 0 Å². The van der Waals surface area contributed by atoms with Gasteiger partial charge in [-0.25, -0.2) is 0 Å². The molecule has 0 heterocycles. The van der Waals surface area contributed by atoms with E-state index < -0.39 is 10.1 Å². The third kappa shape index (κ3) is 2.86. The number of rotatable bonds is 5. The molecule has 0 amide bonds. The molecular weight excluding hydrogens is 272 g/mol. The van der Waals surface area contributed by atoms with Crippen LogP contribution < -0.4 is 0 Å². The first-order valence-electron chi connectivity index (χ1n) is 7.00. The average molecular weight is 292 g/mol. The maximum Gasteiger partial charge on any atom is 0.295 e. The molecule has 0 aliphatic carbocycles. The number of fused-ring (bicyclic) bond motifs is 1. The third-order valence-corrected chi connectivity index (χ3v) is 4.45. The van der Waals surface area contributed by atoms with Gasteiger partial charge >= 0.3 is 0 Å². The lowest BCUT2D eigenvalue weighted by atomic mass is 9.96. The van der Waals surface area contributed by atoms with Crippen molar-refractivity contribution in [2.24, 2.45) is 0 Å². The molecule has 2 aromatic carbocycles. The molecule has 0 spiro atoms. The summed E-state index contributed by atoms with van der Waals surface area (Å²) in [7, 11) is -4.21. The highest BCUT2D eigenvalue weighted by atomic mass is 32.2. The fourth-order valence-corrected chi connectivity index (χ4v) is 3.67. The molecule has 0 aliphatic rings. The zero-order valence-corrected chi connectivity index (χ0v) is 12.7. The smallest absolute Gasteiger partial charge is 0.282 e. The lowest BCUT2D eigenvalue weighted by Crippen LogP contribution is -2.06. The van der Waals surface area contributed by atoms with Crippen LogP contribution in [-0.2, 0) is 23.0 Å². The van der Waals surface area contributed by atoms with E-state index in [0.29, 0.717) is 11.8 Å². The van der Waals surface area contributed by atoms with Crippen LogP contribution >= 0.6 is 0 Å². The normalized spacial score (nSPS) is 11.9.